The lowest BCUT2D eigenvalue weighted by atomic mass is 10.0. The number of hydrogen-bond acceptors (Lipinski definition) is 2. The maximum Gasteiger partial charge on any atom is 0.130 e. The molecule has 0 unspecified atom stereocenters. The maximum atomic E-state index is 9.69. The average molecular weight is 368 g/mol. The third-order valence-corrected chi connectivity index (χ3v) is 4.69. The molecule has 0 aliphatic heterocycles. The summed E-state index contributed by atoms with van der Waals surface area (Å²) in [7, 11) is 0. The molecule has 4 heteroatoms. The quantitative estimate of drug-likeness (QED) is 0.553. The first-order valence-corrected chi connectivity index (χ1v) is 6.89. The van der Waals surface area contributed by atoms with E-state index in [1.165, 1.54) is 0 Å². The highest BCUT2D eigenvalue weighted by atomic mass is 79.9. The first kappa shape index (κ1) is 11.8. The number of aromatic hydroxyl groups is 2. The monoisotopic (exact) mass is 366 g/mol. The fourth-order valence-corrected chi connectivity index (χ4v) is 3.08. The number of fused-ring (bicyclic) bond motifs is 3. The second-order valence-corrected chi connectivity index (χ2v) is 5.64. The fourth-order valence-electron chi connectivity index (χ4n) is 2.13. The average Bonchev–Trinajstić information content (AvgIpc) is 2.38. The first-order chi connectivity index (χ1) is 8.59. The van der Waals surface area contributed by atoms with E-state index < -0.39 is 0 Å². The molecule has 0 spiro atoms. The van der Waals surface area contributed by atoms with Gasteiger partial charge in [0.25, 0.3) is 0 Å². The Labute approximate surface area is 120 Å². The minimum Gasteiger partial charge on any atom is -0.507 e. The van der Waals surface area contributed by atoms with Crippen LogP contribution < -0.4 is 0 Å². The molecule has 3 rings (SSSR count). The zero-order valence-electron chi connectivity index (χ0n) is 9.11. The molecule has 0 saturated carbocycles. The van der Waals surface area contributed by atoms with Gasteiger partial charge in [0.15, 0.2) is 0 Å². The lowest BCUT2D eigenvalue weighted by Crippen LogP contribution is -1.81. The van der Waals surface area contributed by atoms with Gasteiger partial charge >= 0.3 is 0 Å². The van der Waals surface area contributed by atoms with Crippen molar-refractivity contribution in [1.29, 1.82) is 0 Å². The van der Waals surface area contributed by atoms with Gasteiger partial charge in [0.05, 0.1) is 8.95 Å². The molecule has 3 aromatic rings. The number of phenolic OH excluding ortho intramolecular Hbond substituents is 2. The van der Waals surface area contributed by atoms with Crippen molar-refractivity contribution in [1.82, 2.24) is 0 Å². The van der Waals surface area contributed by atoms with E-state index in [1.54, 1.807) is 12.1 Å². The molecule has 2 nitrogen and oxygen atoms in total. The summed E-state index contributed by atoms with van der Waals surface area (Å²) in [4.78, 5) is 0. The molecular formula is C14H8Br2O2. The topological polar surface area (TPSA) is 40.5 Å². The summed E-state index contributed by atoms with van der Waals surface area (Å²) in [6.07, 6.45) is 0. The van der Waals surface area contributed by atoms with Crippen LogP contribution in [0.25, 0.3) is 21.5 Å². The highest BCUT2D eigenvalue weighted by molar-refractivity contribution is 9.11. The van der Waals surface area contributed by atoms with E-state index in [-0.39, 0.29) is 11.5 Å². The van der Waals surface area contributed by atoms with Crippen molar-refractivity contribution in [2.24, 2.45) is 0 Å². The van der Waals surface area contributed by atoms with E-state index in [1.807, 2.05) is 24.3 Å². The van der Waals surface area contributed by atoms with Crippen LogP contribution in [0.5, 0.6) is 11.5 Å². The van der Waals surface area contributed by atoms with Crippen molar-refractivity contribution in [3.63, 3.8) is 0 Å². The summed E-state index contributed by atoms with van der Waals surface area (Å²) in [6, 6.07) is 10.9. The molecule has 0 heterocycles. The molecule has 0 aliphatic rings. The highest BCUT2D eigenvalue weighted by Crippen LogP contribution is 2.39. The van der Waals surface area contributed by atoms with Crippen molar-refractivity contribution in [3.05, 3.63) is 45.3 Å². The summed E-state index contributed by atoms with van der Waals surface area (Å²) < 4.78 is 1.37. The number of phenols is 2. The smallest absolute Gasteiger partial charge is 0.130 e. The number of rotatable bonds is 0. The van der Waals surface area contributed by atoms with Gasteiger partial charge in [0.1, 0.15) is 11.5 Å². The van der Waals surface area contributed by atoms with Crippen LogP contribution in [0, 0.1) is 0 Å². The Morgan fingerprint density at radius 1 is 0.556 bits per heavy atom. The molecule has 2 N–H and O–H groups in total. The van der Waals surface area contributed by atoms with Gasteiger partial charge in [-0.25, -0.2) is 0 Å². The summed E-state index contributed by atoms with van der Waals surface area (Å²) >= 11 is 6.78. The second-order valence-electron chi connectivity index (χ2n) is 4.05. The van der Waals surface area contributed by atoms with E-state index in [0.717, 1.165) is 21.5 Å². The van der Waals surface area contributed by atoms with Crippen molar-refractivity contribution >= 4 is 53.4 Å². The summed E-state index contributed by atoms with van der Waals surface area (Å²) in [6.45, 7) is 0. The van der Waals surface area contributed by atoms with E-state index in [2.05, 4.69) is 31.9 Å². The van der Waals surface area contributed by atoms with Gasteiger partial charge in [-0.3, -0.25) is 0 Å². The molecule has 18 heavy (non-hydrogen) atoms. The summed E-state index contributed by atoms with van der Waals surface area (Å²) in [5.74, 6) is 0.444. The standard InChI is InChI=1S/C14H8Br2O2/c15-13-9-1-2-10-8(4-6-12(18)14(10)16)7(9)3-5-11(13)17/h1-6,17-18H. The van der Waals surface area contributed by atoms with Gasteiger partial charge in [0, 0.05) is 10.8 Å². The van der Waals surface area contributed by atoms with Crippen LogP contribution in [-0.2, 0) is 0 Å². The Balaban J connectivity index is 2.56. The Bertz CT molecular complexity index is 715. The van der Waals surface area contributed by atoms with E-state index in [0.29, 0.717) is 8.95 Å². The Morgan fingerprint density at radius 3 is 1.28 bits per heavy atom. The SMILES string of the molecule is Oc1ccc2c(ccc3c(Br)c(O)ccc32)c1Br. The van der Waals surface area contributed by atoms with Crippen LogP contribution in [0.4, 0.5) is 0 Å². The van der Waals surface area contributed by atoms with Crippen molar-refractivity contribution < 1.29 is 10.2 Å². The molecule has 3 aromatic carbocycles. The molecule has 0 radical (unpaired) electrons. The highest BCUT2D eigenvalue weighted by Gasteiger charge is 2.10. The largest absolute Gasteiger partial charge is 0.507 e. The molecule has 0 aliphatic carbocycles. The van der Waals surface area contributed by atoms with Gasteiger partial charge in [-0.05, 0) is 66.9 Å². The molecule has 0 fully saturated rings. The van der Waals surface area contributed by atoms with Gasteiger partial charge < -0.3 is 10.2 Å². The number of halogens is 2. The van der Waals surface area contributed by atoms with Crippen molar-refractivity contribution in [2.75, 3.05) is 0 Å². The minimum atomic E-state index is 0.222. The molecule has 90 valence electrons. The zero-order chi connectivity index (χ0) is 12.9. The third-order valence-electron chi connectivity index (χ3n) is 3.03. The van der Waals surface area contributed by atoms with Crippen molar-refractivity contribution in [3.8, 4) is 11.5 Å². The molecule has 0 amide bonds. The lowest BCUT2D eigenvalue weighted by molar-refractivity contribution is 0.472. The molecule has 0 atom stereocenters. The van der Waals surface area contributed by atoms with Gasteiger partial charge in [-0.15, -0.1) is 0 Å². The van der Waals surface area contributed by atoms with E-state index >= 15 is 0 Å². The first-order valence-electron chi connectivity index (χ1n) is 5.31. The minimum absolute atomic E-state index is 0.222. The normalized spacial score (nSPS) is 11.2. The van der Waals surface area contributed by atoms with E-state index in [9.17, 15) is 10.2 Å². The molecule has 0 saturated heterocycles. The van der Waals surface area contributed by atoms with Gasteiger partial charge in [-0.1, -0.05) is 12.1 Å². The lowest BCUT2D eigenvalue weighted by Gasteiger charge is -2.09. The fraction of sp³-hybridized carbons (Fsp3) is 0. The van der Waals surface area contributed by atoms with Crippen LogP contribution in [0.1, 0.15) is 0 Å². The van der Waals surface area contributed by atoms with Crippen molar-refractivity contribution in [2.45, 2.75) is 0 Å². The Kier molecular flexibility index (Phi) is 2.72. The van der Waals surface area contributed by atoms with Crippen LogP contribution >= 0.6 is 31.9 Å². The van der Waals surface area contributed by atoms with Crippen LogP contribution in [0.3, 0.4) is 0 Å². The summed E-state index contributed by atoms with van der Waals surface area (Å²) in [5, 5.41) is 23.3. The predicted octanol–water partition coefficient (Wildman–Crippen LogP) is 4.93. The van der Waals surface area contributed by atoms with Gasteiger partial charge in [-0.2, -0.15) is 0 Å². The third kappa shape index (κ3) is 1.60. The van der Waals surface area contributed by atoms with Crippen LogP contribution in [0.15, 0.2) is 45.3 Å². The summed E-state index contributed by atoms with van der Waals surface area (Å²) in [5.41, 5.74) is 0. The number of hydrogen-bond donors (Lipinski definition) is 2. The molecule has 0 bridgehead atoms. The molecular weight excluding hydrogens is 360 g/mol. The van der Waals surface area contributed by atoms with Crippen LogP contribution in [-0.4, -0.2) is 10.2 Å². The second kappa shape index (κ2) is 4.14. The number of benzene rings is 3. The maximum absolute atomic E-state index is 9.69. The zero-order valence-corrected chi connectivity index (χ0v) is 12.3. The Hall–Kier alpha value is -1.26. The van der Waals surface area contributed by atoms with Gasteiger partial charge in [0.2, 0.25) is 0 Å². The predicted molar refractivity (Wildman–Crippen MR) is 80.2 cm³/mol. The molecule has 0 aromatic heterocycles. The van der Waals surface area contributed by atoms with E-state index in [4.69, 9.17) is 0 Å². The van der Waals surface area contributed by atoms with Crippen LogP contribution in [0.2, 0.25) is 0 Å². The Morgan fingerprint density at radius 2 is 0.889 bits per heavy atom.